The van der Waals surface area contributed by atoms with Crippen LogP contribution in [0.3, 0.4) is 0 Å². The first-order chi connectivity index (χ1) is 20.9. The summed E-state index contributed by atoms with van der Waals surface area (Å²) in [6.07, 6.45) is -1.29. The summed E-state index contributed by atoms with van der Waals surface area (Å²) in [5, 5.41) is 3.31. The molecule has 0 amide bonds. The normalized spacial score (nSPS) is 17.3. The second-order valence-electron chi connectivity index (χ2n) is 11.2. The number of alkyl halides is 3. The van der Waals surface area contributed by atoms with E-state index in [1.807, 2.05) is 36.4 Å². The summed E-state index contributed by atoms with van der Waals surface area (Å²) in [5.41, 5.74) is 5.12. The van der Waals surface area contributed by atoms with Crippen molar-refractivity contribution in [3.05, 3.63) is 107 Å². The van der Waals surface area contributed by atoms with Crippen LogP contribution in [-0.2, 0) is 23.8 Å². The van der Waals surface area contributed by atoms with E-state index < -0.39 is 17.7 Å². The third-order valence-corrected chi connectivity index (χ3v) is 8.52. The summed E-state index contributed by atoms with van der Waals surface area (Å²) in [6.45, 7) is 7.14. The molecule has 0 radical (unpaired) electrons. The van der Waals surface area contributed by atoms with E-state index >= 15 is 0 Å². The van der Waals surface area contributed by atoms with E-state index in [1.165, 1.54) is 11.6 Å². The Morgan fingerprint density at radius 3 is 2.26 bits per heavy atom. The minimum Gasteiger partial charge on any atom is -0.383 e. The molecule has 43 heavy (non-hydrogen) atoms. The van der Waals surface area contributed by atoms with Crippen molar-refractivity contribution < 1.29 is 17.9 Å². The highest BCUT2D eigenvalue weighted by Gasteiger charge is 2.37. The third kappa shape index (κ3) is 6.74. The fourth-order valence-electron chi connectivity index (χ4n) is 6.16. The van der Waals surface area contributed by atoms with Crippen molar-refractivity contribution in [2.75, 3.05) is 58.3 Å². The van der Waals surface area contributed by atoms with Crippen LogP contribution in [0.4, 0.5) is 24.8 Å². The number of methoxy groups -OCH3 is 1. The molecule has 1 aliphatic heterocycles. The summed E-state index contributed by atoms with van der Waals surface area (Å²) in [6, 6.07) is 21.8. The van der Waals surface area contributed by atoms with E-state index in [0.717, 1.165) is 86.4 Å². The lowest BCUT2D eigenvalue weighted by molar-refractivity contribution is -0.138. The summed E-state index contributed by atoms with van der Waals surface area (Å²) in [4.78, 5) is 14.3. The Bertz CT molecular complexity index is 1530. The monoisotopic (exact) mass is 587 g/mol. The van der Waals surface area contributed by atoms with Gasteiger partial charge in [-0.2, -0.15) is 13.2 Å². The maximum Gasteiger partial charge on any atom is 0.416 e. The molecule has 3 aromatic carbocycles. The standard InChI is InChI=1S/C34H36F3N5O/c1-43-21-20-42-18-16-41(17-19-42)15-14-24-10-12-26(13-11-24)39-33-38-23-25-22-30(27-6-2-3-8-29(27)32(25)40-33)28-7-4-5-9-31(28)34(35,36)37/h2-13,23,30H,14-22H2,1H3,(H,38,39,40). The zero-order valence-electron chi connectivity index (χ0n) is 24.3. The molecule has 1 atom stereocenters. The molecule has 6 rings (SSSR count). The second-order valence-corrected chi connectivity index (χ2v) is 11.2. The van der Waals surface area contributed by atoms with Gasteiger partial charge in [0, 0.05) is 69.7 Å². The van der Waals surface area contributed by atoms with Gasteiger partial charge in [0.15, 0.2) is 0 Å². The predicted molar refractivity (Wildman–Crippen MR) is 163 cm³/mol. The van der Waals surface area contributed by atoms with Gasteiger partial charge < -0.3 is 15.0 Å². The van der Waals surface area contributed by atoms with E-state index in [0.29, 0.717) is 12.4 Å². The quantitative estimate of drug-likeness (QED) is 0.245. The molecule has 1 fully saturated rings. The summed E-state index contributed by atoms with van der Waals surface area (Å²) in [7, 11) is 1.75. The van der Waals surface area contributed by atoms with E-state index in [1.54, 1.807) is 25.4 Å². The van der Waals surface area contributed by atoms with E-state index in [9.17, 15) is 13.2 Å². The maximum atomic E-state index is 13.9. The molecule has 0 spiro atoms. The fraction of sp³-hybridized carbons (Fsp3) is 0.353. The van der Waals surface area contributed by atoms with Crippen LogP contribution >= 0.6 is 0 Å². The van der Waals surface area contributed by atoms with E-state index in [-0.39, 0.29) is 5.56 Å². The number of fused-ring (bicyclic) bond motifs is 3. The molecule has 1 aromatic heterocycles. The first kappa shape index (κ1) is 29.3. The SMILES string of the molecule is COCCN1CCN(CCc2ccc(Nc3ncc4c(n3)-c3ccccc3C(c3ccccc3C(F)(F)F)C4)cc2)CC1. The molecule has 4 aromatic rings. The number of piperazine rings is 1. The average molecular weight is 588 g/mol. The van der Waals surface area contributed by atoms with Crippen LogP contribution in [0.2, 0.25) is 0 Å². The molecule has 2 heterocycles. The highest BCUT2D eigenvalue weighted by Crippen LogP contribution is 2.45. The van der Waals surface area contributed by atoms with E-state index in [4.69, 9.17) is 9.72 Å². The number of ether oxygens (including phenoxy) is 1. The molecule has 1 N–H and O–H groups in total. The average Bonchev–Trinajstić information content (AvgIpc) is 3.03. The van der Waals surface area contributed by atoms with Crippen molar-refractivity contribution >= 4 is 11.6 Å². The van der Waals surface area contributed by atoms with Gasteiger partial charge in [-0.15, -0.1) is 0 Å². The van der Waals surface area contributed by atoms with Crippen molar-refractivity contribution in [1.29, 1.82) is 0 Å². The van der Waals surface area contributed by atoms with Crippen LogP contribution in [0, 0.1) is 0 Å². The minimum atomic E-state index is -4.43. The summed E-state index contributed by atoms with van der Waals surface area (Å²) in [5.74, 6) is 0.0257. The lowest BCUT2D eigenvalue weighted by Crippen LogP contribution is -2.47. The summed E-state index contributed by atoms with van der Waals surface area (Å²) < 4.78 is 46.9. The van der Waals surface area contributed by atoms with Gasteiger partial charge in [0.25, 0.3) is 0 Å². The van der Waals surface area contributed by atoms with Gasteiger partial charge in [0.1, 0.15) is 0 Å². The highest BCUT2D eigenvalue weighted by molar-refractivity contribution is 5.73. The molecular formula is C34H36F3N5O. The number of hydrogen-bond acceptors (Lipinski definition) is 6. The Hall–Kier alpha value is -3.79. The molecule has 224 valence electrons. The molecule has 9 heteroatoms. The van der Waals surface area contributed by atoms with Gasteiger partial charge >= 0.3 is 6.18 Å². The Balaban J connectivity index is 1.13. The maximum absolute atomic E-state index is 13.9. The summed E-state index contributed by atoms with van der Waals surface area (Å²) >= 11 is 0. The van der Waals surface area contributed by atoms with Gasteiger partial charge in [0.05, 0.1) is 17.9 Å². The van der Waals surface area contributed by atoms with Gasteiger partial charge in [0.2, 0.25) is 5.95 Å². The molecule has 0 bridgehead atoms. The fourth-order valence-corrected chi connectivity index (χ4v) is 6.16. The zero-order valence-corrected chi connectivity index (χ0v) is 24.3. The zero-order chi connectivity index (χ0) is 29.8. The number of halogens is 3. The van der Waals surface area contributed by atoms with Crippen molar-refractivity contribution in [1.82, 2.24) is 19.8 Å². The number of aromatic nitrogens is 2. The number of hydrogen-bond donors (Lipinski definition) is 1. The second kappa shape index (κ2) is 12.8. The van der Waals surface area contributed by atoms with Crippen LogP contribution in [0.15, 0.2) is 79.0 Å². The lowest BCUT2D eigenvalue weighted by Gasteiger charge is -2.34. The van der Waals surface area contributed by atoms with Crippen LogP contribution < -0.4 is 5.32 Å². The lowest BCUT2D eigenvalue weighted by atomic mass is 9.76. The van der Waals surface area contributed by atoms with Gasteiger partial charge in [-0.25, -0.2) is 9.97 Å². The molecule has 2 aliphatic rings. The Labute approximate surface area is 250 Å². The molecule has 0 saturated carbocycles. The topological polar surface area (TPSA) is 53.5 Å². The van der Waals surface area contributed by atoms with Crippen molar-refractivity contribution in [2.24, 2.45) is 0 Å². The Morgan fingerprint density at radius 1 is 0.860 bits per heavy atom. The van der Waals surface area contributed by atoms with E-state index in [2.05, 4.69) is 32.2 Å². The molecule has 1 aliphatic carbocycles. The largest absolute Gasteiger partial charge is 0.416 e. The van der Waals surface area contributed by atoms with Gasteiger partial charge in [-0.3, -0.25) is 4.90 Å². The van der Waals surface area contributed by atoms with Crippen LogP contribution in [-0.4, -0.2) is 72.8 Å². The van der Waals surface area contributed by atoms with Gasteiger partial charge in [-0.1, -0.05) is 54.6 Å². The number of nitrogens with zero attached hydrogens (tertiary/aromatic N) is 4. The molecule has 1 saturated heterocycles. The molecule has 1 unspecified atom stereocenters. The van der Waals surface area contributed by atoms with Gasteiger partial charge in [-0.05, 0) is 53.3 Å². The van der Waals surface area contributed by atoms with Crippen LogP contribution in [0.25, 0.3) is 11.3 Å². The van der Waals surface area contributed by atoms with Crippen molar-refractivity contribution in [3.63, 3.8) is 0 Å². The minimum absolute atomic E-state index is 0.278. The number of rotatable bonds is 9. The van der Waals surface area contributed by atoms with Crippen LogP contribution in [0.5, 0.6) is 0 Å². The molecular weight excluding hydrogens is 551 g/mol. The Kier molecular flexibility index (Phi) is 8.74. The highest BCUT2D eigenvalue weighted by atomic mass is 19.4. The van der Waals surface area contributed by atoms with Crippen molar-refractivity contribution in [2.45, 2.75) is 24.9 Å². The number of benzene rings is 3. The predicted octanol–water partition coefficient (Wildman–Crippen LogP) is 6.40. The first-order valence-electron chi connectivity index (χ1n) is 14.8. The number of nitrogens with one attached hydrogen (secondary N) is 1. The van der Waals surface area contributed by atoms with Crippen molar-refractivity contribution in [3.8, 4) is 11.3 Å². The number of anilines is 2. The third-order valence-electron chi connectivity index (χ3n) is 8.52. The van der Waals surface area contributed by atoms with Crippen LogP contribution in [0.1, 0.15) is 33.7 Å². The smallest absolute Gasteiger partial charge is 0.383 e. The molecule has 6 nitrogen and oxygen atoms in total. The first-order valence-corrected chi connectivity index (χ1v) is 14.8. The Morgan fingerprint density at radius 2 is 1.53 bits per heavy atom.